The molecule has 1 aromatic heterocycles. The summed E-state index contributed by atoms with van der Waals surface area (Å²) < 4.78 is 6.96. The molecular weight excluding hydrogens is 338 g/mol. The maximum absolute atomic E-state index is 12.7. The summed E-state index contributed by atoms with van der Waals surface area (Å²) in [5.74, 6) is -1.33. The van der Waals surface area contributed by atoms with Crippen LogP contribution in [0.4, 0.5) is 0 Å². The van der Waals surface area contributed by atoms with Crippen LogP contribution >= 0.6 is 0 Å². The number of amides is 1. The van der Waals surface area contributed by atoms with Gasteiger partial charge >= 0.3 is 11.7 Å². The highest BCUT2D eigenvalue weighted by Crippen LogP contribution is 2.30. The number of carboxylic acid groups (broad SMARTS) is 1. The number of ether oxygens (including phenoxy) is 1. The number of imidazole rings is 1. The predicted octanol–water partition coefficient (Wildman–Crippen LogP) is 1.37. The molecule has 8 nitrogen and oxygen atoms in total. The number of hydrogen-bond donors (Lipinski definition) is 2. The molecule has 1 aliphatic carbocycles. The van der Waals surface area contributed by atoms with Crippen LogP contribution in [0.5, 0.6) is 0 Å². The fourth-order valence-electron chi connectivity index (χ4n) is 3.95. The maximum Gasteiger partial charge on any atom is 0.334 e. The van der Waals surface area contributed by atoms with Crippen molar-refractivity contribution in [1.29, 1.82) is 0 Å². The van der Waals surface area contributed by atoms with Gasteiger partial charge in [-0.25, -0.2) is 9.59 Å². The van der Waals surface area contributed by atoms with Crippen LogP contribution in [-0.2, 0) is 9.53 Å². The van der Waals surface area contributed by atoms with Crippen LogP contribution in [0.2, 0.25) is 0 Å². The van der Waals surface area contributed by atoms with E-state index >= 15 is 0 Å². The number of benzene rings is 1. The average Bonchev–Trinajstić information content (AvgIpc) is 3.27. The Hall–Kier alpha value is -2.61. The summed E-state index contributed by atoms with van der Waals surface area (Å²) in [4.78, 5) is 40.5. The lowest BCUT2D eigenvalue weighted by Gasteiger charge is -2.30. The molecule has 2 aromatic rings. The highest BCUT2D eigenvalue weighted by atomic mass is 16.5. The number of hydrogen-bond acceptors (Lipinski definition) is 4. The van der Waals surface area contributed by atoms with Crippen LogP contribution in [0, 0.1) is 0 Å². The average molecular weight is 359 g/mol. The topological polar surface area (TPSA) is 105 Å². The largest absolute Gasteiger partial charge is 0.479 e. The second-order valence-corrected chi connectivity index (χ2v) is 6.92. The quantitative estimate of drug-likeness (QED) is 0.861. The molecule has 1 saturated carbocycles. The number of rotatable bonds is 3. The third-order valence-corrected chi connectivity index (χ3v) is 5.28. The van der Waals surface area contributed by atoms with Crippen LogP contribution in [0.1, 0.15) is 42.1 Å². The molecule has 0 spiro atoms. The monoisotopic (exact) mass is 359 g/mol. The minimum Gasteiger partial charge on any atom is -0.479 e. The Balaban J connectivity index is 1.62. The van der Waals surface area contributed by atoms with Crippen molar-refractivity contribution in [1.82, 2.24) is 14.5 Å². The summed E-state index contributed by atoms with van der Waals surface area (Å²) in [7, 11) is 0. The lowest BCUT2D eigenvalue weighted by molar-refractivity contribution is -0.154. The van der Waals surface area contributed by atoms with Gasteiger partial charge in [0, 0.05) is 18.2 Å². The number of morpholine rings is 1. The van der Waals surface area contributed by atoms with Crippen molar-refractivity contribution in [3.05, 3.63) is 34.2 Å². The normalized spacial score (nSPS) is 21.4. The van der Waals surface area contributed by atoms with Crippen LogP contribution in [0.15, 0.2) is 23.0 Å². The lowest BCUT2D eigenvalue weighted by Crippen LogP contribution is -2.48. The Morgan fingerprint density at radius 2 is 2.00 bits per heavy atom. The third-order valence-electron chi connectivity index (χ3n) is 5.28. The van der Waals surface area contributed by atoms with Gasteiger partial charge in [-0.2, -0.15) is 0 Å². The Bertz CT molecular complexity index is 909. The number of aliphatic carboxylic acids is 1. The third kappa shape index (κ3) is 2.90. The first-order valence-corrected chi connectivity index (χ1v) is 8.92. The van der Waals surface area contributed by atoms with Gasteiger partial charge in [0.05, 0.1) is 24.2 Å². The summed E-state index contributed by atoms with van der Waals surface area (Å²) in [5.41, 5.74) is 1.73. The standard InChI is InChI=1S/C18H21N3O5/c22-16(20-7-8-26-15(10-20)17(23)24)11-5-6-14-13(9-11)19-18(25)21(14)12-3-1-2-4-12/h5-6,9,12,15H,1-4,7-8,10H2,(H,19,25)(H,23,24)/t15-/m0/s1. The van der Waals surface area contributed by atoms with Crippen LogP contribution < -0.4 is 5.69 Å². The molecule has 1 aliphatic heterocycles. The van der Waals surface area contributed by atoms with Crippen molar-refractivity contribution in [3.63, 3.8) is 0 Å². The minimum absolute atomic E-state index is 0.0197. The summed E-state index contributed by atoms with van der Waals surface area (Å²) >= 11 is 0. The van der Waals surface area contributed by atoms with Crippen molar-refractivity contribution < 1.29 is 19.4 Å². The summed E-state index contributed by atoms with van der Waals surface area (Å²) in [6.45, 7) is 0.561. The van der Waals surface area contributed by atoms with E-state index in [1.165, 1.54) is 4.90 Å². The second kappa shape index (κ2) is 6.60. The molecule has 1 saturated heterocycles. The first-order chi connectivity index (χ1) is 12.5. The van der Waals surface area contributed by atoms with Gasteiger partial charge in [0.2, 0.25) is 0 Å². The fraction of sp³-hybridized carbons (Fsp3) is 0.500. The molecule has 2 aliphatic rings. The summed E-state index contributed by atoms with van der Waals surface area (Å²) in [6.07, 6.45) is 3.25. The van der Waals surface area contributed by atoms with E-state index in [4.69, 9.17) is 9.84 Å². The number of fused-ring (bicyclic) bond motifs is 1. The maximum atomic E-state index is 12.7. The zero-order valence-corrected chi connectivity index (χ0v) is 14.3. The van der Waals surface area contributed by atoms with E-state index in [2.05, 4.69) is 4.98 Å². The lowest BCUT2D eigenvalue weighted by atomic mass is 10.1. The van der Waals surface area contributed by atoms with Gasteiger partial charge in [-0.05, 0) is 31.0 Å². The Morgan fingerprint density at radius 1 is 1.23 bits per heavy atom. The molecule has 0 unspecified atom stereocenters. The number of aromatic amines is 1. The molecule has 1 aromatic carbocycles. The summed E-state index contributed by atoms with van der Waals surface area (Å²) in [5, 5.41) is 9.08. The first-order valence-electron chi connectivity index (χ1n) is 8.92. The van der Waals surface area contributed by atoms with Gasteiger partial charge in [0.25, 0.3) is 5.91 Å². The number of carboxylic acids is 1. The Morgan fingerprint density at radius 3 is 2.73 bits per heavy atom. The van der Waals surface area contributed by atoms with E-state index < -0.39 is 12.1 Å². The molecule has 8 heteroatoms. The molecule has 1 atom stereocenters. The SMILES string of the molecule is O=C(O)[C@@H]1CN(C(=O)c2ccc3c(c2)[nH]c(=O)n3C2CCCC2)CCO1. The van der Waals surface area contributed by atoms with Gasteiger partial charge in [0.1, 0.15) is 0 Å². The zero-order valence-electron chi connectivity index (χ0n) is 14.3. The number of carbonyl (C=O) groups is 2. The molecular formula is C18H21N3O5. The van der Waals surface area contributed by atoms with Gasteiger partial charge in [-0.15, -0.1) is 0 Å². The molecule has 0 radical (unpaired) electrons. The van der Waals surface area contributed by atoms with E-state index in [-0.39, 0.29) is 30.8 Å². The Kier molecular flexibility index (Phi) is 4.28. The molecule has 4 rings (SSSR count). The number of nitrogens with one attached hydrogen (secondary N) is 1. The van der Waals surface area contributed by atoms with Gasteiger partial charge in [-0.1, -0.05) is 12.8 Å². The minimum atomic E-state index is -1.07. The van der Waals surface area contributed by atoms with Crippen molar-refractivity contribution in [2.24, 2.45) is 0 Å². The zero-order chi connectivity index (χ0) is 18.3. The molecule has 2 N–H and O–H groups in total. The van der Waals surface area contributed by atoms with Crippen LogP contribution in [0.3, 0.4) is 0 Å². The highest BCUT2D eigenvalue weighted by molar-refractivity contribution is 5.97. The highest BCUT2D eigenvalue weighted by Gasteiger charge is 2.30. The van der Waals surface area contributed by atoms with Crippen molar-refractivity contribution in [2.45, 2.75) is 37.8 Å². The molecule has 138 valence electrons. The number of aromatic nitrogens is 2. The number of nitrogens with zero attached hydrogens (tertiary/aromatic N) is 2. The van der Waals surface area contributed by atoms with Crippen molar-refractivity contribution >= 4 is 22.9 Å². The van der Waals surface area contributed by atoms with E-state index in [0.29, 0.717) is 17.6 Å². The van der Waals surface area contributed by atoms with E-state index in [0.717, 1.165) is 31.2 Å². The first kappa shape index (κ1) is 16.8. The molecule has 1 amide bonds. The molecule has 0 bridgehead atoms. The number of carbonyl (C=O) groups excluding carboxylic acids is 1. The van der Waals surface area contributed by atoms with Gasteiger partial charge in [0.15, 0.2) is 6.10 Å². The number of H-pyrrole nitrogens is 1. The van der Waals surface area contributed by atoms with Crippen molar-refractivity contribution in [3.8, 4) is 0 Å². The molecule has 26 heavy (non-hydrogen) atoms. The summed E-state index contributed by atoms with van der Waals surface area (Å²) in [6, 6.07) is 5.39. The Labute approximate surface area is 149 Å². The second-order valence-electron chi connectivity index (χ2n) is 6.92. The predicted molar refractivity (Wildman–Crippen MR) is 93.3 cm³/mol. The van der Waals surface area contributed by atoms with Gasteiger partial charge in [-0.3, -0.25) is 9.36 Å². The molecule has 2 fully saturated rings. The van der Waals surface area contributed by atoms with Crippen LogP contribution in [0.25, 0.3) is 11.0 Å². The molecule has 2 heterocycles. The van der Waals surface area contributed by atoms with E-state index in [1.807, 2.05) is 0 Å². The fourth-order valence-corrected chi connectivity index (χ4v) is 3.95. The van der Waals surface area contributed by atoms with E-state index in [1.54, 1.807) is 22.8 Å². The van der Waals surface area contributed by atoms with Gasteiger partial charge < -0.3 is 19.7 Å². The van der Waals surface area contributed by atoms with Crippen LogP contribution in [-0.4, -0.2) is 57.2 Å². The smallest absolute Gasteiger partial charge is 0.334 e. The van der Waals surface area contributed by atoms with Crippen molar-refractivity contribution in [2.75, 3.05) is 19.7 Å². The van der Waals surface area contributed by atoms with E-state index in [9.17, 15) is 14.4 Å².